The molecule has 0 aromatic carbocycles. The van der Waals surface area contributed by atoms with E-state index in [1.807, 2.05) is 19.9 Å². The molecule has 1 fully saturated rings. The maximum Gasteiger partial charge on any atom is 0.326 e. The van der Waals surface area contributed by atoms with E-state index >= 15 is 0 Å². The van der Waals surface area contributed by atoms with Crippen molar-refractivity contribution in [1.82, 2.24) is 10.2 Å². The number of carboxylic acid groups (broad SMARTS) is 1. The van der Waals surface area contributed by atoms with E-state index in [0.29, 0.717) is 18.7 Å². The van der Waals surface area contributed by atoms with Crippen LogP contribution in [0, 0.1) is 5.92 Å². The molecule has 0 aliphatic heterocycles. The van der Waals surface area contributed by atoms with Crippen molar-refractivity contribution in [3.8, 4) is 0 Å². The molecule has 116 valence electrons. The van der Waals surface area contributed by atoms with Crippen LogP contribution < -0.4 is 5.32 Å². The first-order valence-corrected chi connectivity index (χ1v) is 7.35. The van der Waals surface area contributed by atoms with Gasteiger partial charge in [-0.25, -0.2) is 9.59 Å². The van der Waals surface area contributed by atoms with Gasteiger partial charge in [0.05, 0.1) is 12.8 Å². The Bertz CT molecular complexity index is 482. The second kappa shape index (κ2) is 6.65. The zero-order valence-electron chi connectivity index (χ0n) is 12.4. The summed E-state index contributed by atoms with van der Waals surface area (Å²) < 4.78 is 5.28. The van der Waals surface area contributed by atoms with Crippen molar-refractivity contribution in [1.29, 1.82) is 0 Å². The molecule has 1 aromatic heterocycles. The summed E-state index contributed by atoms with van der Waals surface area (Å²) in [7, 11) is 0. The number of furan rings is 1. The molecule has 0 radical (unpaired) electrons. The number of carbonyl (C=O) groups excluding carboxylic acids is 1. The van der Waals surface area contributed by atoms with E-state index in [-0.39, 0.29) is 18.0 Å². The molecule has 2 N–H and O–H groups in total. The Hall–Kier alpha value is -1.98. The standard InChI is InChI=1S/C15H22N2O4/c1-3-10(2)13(14(18)19)16-15(20)17(11-6-7-11)9-12-5-4-8-21-12/h4-5,8,10-11,13H,3,6-7,9H2,1-2H3,(H,16,20)(H,18,19)/t10-,13-/m0/s1. The minimum atomic E-state index is -0.994. The van der Waals surface area contributed by atoms with Crippen LogP contribution in [0.5, 0.6) is 0 Å². The highest BCUT2D eigenvalue weighted by molar-refractivity contribution is 5.83. The highest BCUT2D eigenvalue weighted by atomic mass is 16.4. The van der Waals surface area contributed by atoms with E-state index in [1.165, 1.54) is 0 Å². The summed E-state index contributed by atoms with van der Waals surface area (Å²) in [5, 5.41) is 11.9. The van der Waals surface area contributed by atoms with Crippen LogP contribution in [-0.2, 0) is 11.3 Å². The number of carbonyl (C=O) groups is 2. The molecule has 1 heterocycles. The molecular weight excluding hydrogens is 272 g/mol. The van der Waals surface area contributed by atoms with Gasteiger partial charge in [-0.05, 0) is 30.9 Å². The maximum atomic E-state index is 12.4. The van der Waals surface area contributed by atoms with E-state index in [1.54, 1.807) is 17.2 Å². The monoisotopic (exact) mass is 294 g/mol. The molecule has 0 saturated heterocycles. The van der Waals surface area contributed by atoms with Gasteiger partial charge in [0.15, 0.2) is 0 Å². The van der Waals surface area contributed by atoms with Crippen molar-refractivity contribution < 1.29 is 19.1 Å². The van der Waals surface area contributed by atoms with Crippen LogP contribution >= 0.6 is 0 Å². The Morgan fingerprint density at radius 2 is 2.24 bits per heavy atom. The summed E-state index contributed by atoms with van der Waals surface area (Å²) in [6.45, 7) is 4.11. The third-order valence-electron chi connectivity index (χ3n) is 3.91. The van der Waals surface area contributed by atoms with Crippen LogP contribution in [0.1, 0.15) is 38.9 Å². The van der Waals surface area contributed by atoms with Gasteiger partial charge in [0.1, 0.15) is 11.8 Å². The molecule has 2 atom stereocenters. The normalized spacial score (nSPS) is 17.0. The van der Waals surface area contributed by atoms with Gasteiger partial charge in [-0.3, -0.25) is 0 Å². The van der Waals surface area contributed by atoms with Crippen LogP contribution in [0.2, 0.25) is 0 Å². The lowest BCUT2D eigenvalue weighted by atomic mass is 9.99. The second-order valence-electron chi connectivity index (χ2n) is 5.59. The van der Waals surface area contributed by atoms with Crippen molar-refractivity contribution >= 4 is 12.0 Å². The Labute approximate surface area is 124 Å². The third kappa shape index (κ3) is 4.00. The zero-order chi connectivity index (χ0) is 15.4. The number of nitrogens with one attached hydrogen (secondary N) is 1. The van der Waals surface area contributed by atoms with Crippen molar-refractivity contribution in [2.45, 2.75) is 51.7 Å². The van der Waals surface area contributed by atoms with Crippen molar-refractivity contribution in [3.63, 3.8) is 0 Å². The summed E-state index contributed by atoms with van der Waals surface area (Å²) in [4.78, 5) is 25.4. The van der Waals surface area contributed by atoms with Crippen molar-refractivity contribution in [2.24, 2.45) is 5.92 Å². The summed E-state index contributed by atoms with van der Waals surface area (Å²) in [5.41, 5.74) is 0. The first kappa shape index (κ1) is 15.4. The van der Waals surface area contributed by atoms with Gasteiger partial charge in [0.25, 0.3) is 0 Å². The van der Waals surface area contributed by atoms with Crippen molar-refractivity contribution in [2.75, 3.05) is 0 Å². The average molecular weight is 294 g/mol. The third-order valence-corrected chi connectivity index (χ3v) is 3.91. The fraction of sp³-hybridized carbons (Fsp3) is 0.600. The van der Waals surface area contributed by atoms with E-state index in [0.717, 1.165) is 12.8 Å². The molecule has 1 aliphatic carbocycles. The molecule has 1 aliphatic rings. The Kier molecular flexibility index (Phi) is 4.88. The van der Waals surface area contributed by atoms with Crippen LogP contribution in [0.3, 0.4) is 0 Å². The summed E-state index contributed by atoms with van der Waals surface area (Å²) in [6.07, 6.45) is 4.17. The number of urea groups is 1. The van der Waals surface area contributed by atoms with Gasteiger partial charge in [-0.1, -0.05) is 20.3 Å². The predicted molar refractivity (Wildman–Crippen MR) is 76.7 cm³/mol. The highest BCUT2D eigenvalue weighted by Gasteiger charge is 2.35. The van der Waals surface area contributed by atoms with E-state index in [9.17, 15) is 14.7 Å². The Morgan fingerprint density at radius 1 is 1.52 bits per heavy atom. The van der Waals surface area contributed by atoms with Gasteiger partial charge in [0, 0.05) is 6.04 Å². The fourth-order valence-corrected chi connectivity index (χ4v) is 2.22. The SMILES string of the molecule is CC[C@H](C)[C@H](NC(=O)N(Cc1ccco1)C1CC1)C(=O)O. The first-order chi connectivity index (χ1) is 10.0. The molecular formula is C15H22N2O4. The van der Waals surface area contributed by atoms with E-state index < -0.39 is 12.0 Å². The summed E-state index contributed by atoms with van der Waals surface area (Å²) in [6, 6.07) is 2.58. The summed E-state index contributed by atoms with van der Waals surface area (Å²) >= 11 is 0. The first-order valence-electron chi connectivity index (χ1n) is 7.35. The summed E-state index contributed by atoms with van der Waals surface area (Å²) in [5.74, 6) is -0.407. The molecule has 1 saturated carbocycles. The lowest BCUT2D eigenvalue weighted by Crippen LogP contribution is -2.50. The smallest absolute Gasteiger partial charge is 0.326 e. The molecule has 0 bridgehead atoms. The number of hydrogen-bond acceptors (Lipinski definition) is 3. The topological polar surface area (TPSA) is 82.8 Å². The van der Waals surface area contributed by atoms with Gasteiger partial charge in [0.2, 0.25) is 0 Å². The van der Waals surface area contributed by atoms with Crippen molar-refractivity contribution in [3.05, 3.63) is 24.2 Å². The van der Waals surface area contributed by atoms with E-state index in [2.05, 4.69) is 5.32 Å². The Morgan fingerprint density at radius 3 is 2.71 bits per heavy atom. The van der Waals surface area contributed by atoms with Crippen LogP contribution in [-0.4, -0.2) is 34.1 Å². The van der Waals surface area contributed by atoms with Gasteiger partial charge in [-0.2, -0.15) is 0 Å². The maximum absolute atomic E-state index is 12.4. The second-order valence-corrected chi connectivity index (χ2v) is 5.59. The minimum Gasteiger partial charge on any atom is -0.480 e. The number of aliphatic carboxylic acids is 1. The molecule has 2 rings (SSSR count). The van der Waals surface area contributed by atoms with Gasteiger partial charge in [-0.15, -0.1) is 0 Å². The largest absolute Gasteiger partial charge is 0.480 e. The van der Waals surface area contributed by atoms with Gasteiger partial charge >= 0.3 is 12.0 Å². The van der Waals surface area contributed by atoms with Crippen LogP contribution in [0.25, 0.3) is 0 Å². The molecule has 0 unspecified atom stereocenters. The number of hydrogen-bond donors (Lipinski definition) is 2. The molecule has 6 nitrogen and oxygen atoms in total. The molecule has 6 heteroatoms. The number of nitrogens with zero attached hydrogens (tertiary/aromatic N) is 1. The van der Waals surface area contributed by atoms with Crippen LogP contribution in [0.4, 0.5) is 4.79 Å². The minimum absolute atomic E-state index is 0.115. The average Bonchev–Trinajstić information content (AvgIpc) is 3.17. The molecule has 1 aromatic rings. The predicted octanol–water partition coefficient (Wildman–Crippen LogP) is 2.45. The Balaban J connectivity index is 2.02. The molecule has 0 spiro atoms. The van der Waals surface area contributed by atoms with E-state index in [4.69, 9.17) is 4.42 Å². The zero-order valence-corrected chi connectivity index (χ0v) is 12.4. The quantitative estimate of drug-likeness (QED) is 0.809. The highest BCUT2D eigenvalue weighted by Crippen LogP contribution is 2.28. The number of amides is 2. The lowest BCUT2D eigenvalue weighted by molar-refractivity contribution is -0.140. The fourth-order valence-electron chi connectivity index (χ4n) is 2.22. The van der Waals surface area contributed by atoms with Crippen LogP contribution in [0.15, 0.2) is 22.8 Å². The lowest BCUT2D eigenvalue weighted by Gasteiger charge is -2.26. The number of rotatable bonds is 7. The van der Waals surface area contributed by atoms with Gasteiger partial charge < -0.3 is 19.7 Å². The number of carboxylic acids is 1. The molecule has 2 amide bonds. The molecule has 21 heavy (non-hydrogen) atoms.